The third kappa shape index (κ3) is 4.00. The molecule has 0 saturated carbocycles. The van der Waals surface area contributed by atoms with E-state index in [0.29, 0.717) is 24.9 Å². The van der Waals surface area contributed by atoms with E-state index >= 15 is 0 Å². The van der Waals surface area contributed by atoms with Crippen LogP contribution in [0.1, 0.15) is 18.6 Å². The third-order valence-electron chi connectivity index (χ3n) is 1.47. The van der Waals surface area contributed by atoms with Crippen LogP contribution in [0.3, 0.4) is 0 Å². The van der Waals surface area contributed by atoms with Crippen molar-refractivity contribution in [3.63, 3.8) is 0 Å². The zero-order valence-corrected chi connectivity index (χ0v) is 8.04. The Morgan fingerprint density at radius 1 is 1.54 bits per heavy atom. The average molecular weight is 185 g/mol. The first-order valence-corrected chi connectivity index (χ1v) is 4.40. The summed E-state index contributed by atoms with van der Waals surface area (Å²) in [5, 5.41) is 6.80. The Balaban J connectivity index is 2.06. The number of aromatic nitrogens is 2. The molecule has 0 spiro atoms. The Morgan fingerprint density at radius 2 is 2.38 bits per heavy atom. The zero-order chi connectivity index (χ0) is 9.52. The molecule has 0 atom stereocenters. The highest BCUT2D eigenvalue weighted by Gasteiger charge is 2.00. The first-order chi connectivity index (χ1) is 6.33. The molecule has 0 saturated heterocycles. The molecule has 0 unspecified atom stereocenters. The summed E-state index contributed by atoms with van der Waals surface area (Å²) in [5.74, 6) is 1.18. The number of ether oxygens (including phenoxy) is 1. The van der Waals surface area contributed by atoms with Crippen molar-refractivity contribution < 1.29 is 9.26 Å². The Labute approximate surface area is 77.5 Å². The predicted octanol–water partition coefficient (Wildman–Crippen LogP) is 0.504. The van der Waals surface area contributed by atoms with Gasteiger partial charge in [0.15, 0.2) is 5.82 Å². The molecule has 0 aliphatic rings. The third-order valence-corrected chi connectivity index (χ3v) is 1.47. The summed E-state index contributed by atoms with van der Waals surface area (Å²) in [4.78, 5) is 4.01. The summed E-state index contributed by atoms with van der Waals surface area (Å²) < 4.78 is 10.1. The van der Waals surface area contributed by atoms with Crippen molar-refractivity contribution >= 4 is 0 Å². The van der Waals surface area contributed by atoms with E-state index < -0.39 is 0 Å². The van der Waals surface area contributed by atoms with Crippen LogP contribution in [0, 0.1) is 6.92 Å². The highest BCUT2D eigenvalue weighted by molar-refractivity contribution is 4.79. The second-order valence-electron chi connectivity index (χ2n) is 2.64. The largest absolute Gasteiger partial charge is 0.370 e. The van der Waals surface area contributed by atoms with Crippen LogP contribution in [0.4, 0.5) is 0 Å². The van der Waals surface area contributed by atoms with Crippen LogP contribution in [-0.4, -0.2) is 29.8 Å². The molecular weight excluding hydrogens is 170 g/mol. The number of aryl methyl sites for hydroxylation is 1. The van der Waals surface area contributed by atoms with E-state index in [1.807, 2.05) is 0 Å². The van der Waals surface area contributed by atoms with Crippen LogP contribution in [-0.2, 0) is 11.3 Å². The maximum absolute atomic E-state index is 5.28. The van der Waals surface area contributed by atoms with Crippen LogP contribution < -0.4 is 5.32 Å². The number of hydrogen-bond acceptors (Lipinski definition) is 5. The molecule has 1 rings (SSSR count). The molecule has 13 heavy (non-hydrogen) atoms. The number of nitrogens with zero attached hydrogens (tertiary/aromatic N) is 2. The minimum Gasteiger partial charge on any atom is -0.370 e. The van der Waals surface area contributed by atoms with Gasteiger partial charge in [0.25, 0.3) is 5.89 Å². The lowest BCUT2D eigenvalue weighted by Gasteiger charge is -2.00. The van der Waals surface area contributed by atoms with Gasteiger partial charge < -0.3 is 14.6 Å². The Hall–Kier alpha value is -0.940. The number of hydrogen-bond donors (Lipinski definition) is 1. The van der Waals surface area contributed by atoms with E-state index in [-0.39, 0.29) is 0 Å². The first kappa shape index (κ1) is 10.1. The molecule has 1 aromatic rings. The Bertz CT molecular complexity index is 237. The fourth-order valence-electron chi connectivity index (χ4n) is 0.879. The predicted molar refractivity (Wildman–Crippen MR) is 47.2 cm³/mol. The maximum Gasteiger partial charge on any atom is 0.252 e. The van der Waals surface area contributed by atoms with Gasteiger partial charge in [-0.3, -0.25) is 0 Å². The number of rotatable bonds is 6. The highest BCUT2D eigenvalue weighted by atomic mass is 16.5. The van der Waals surface area contributed by atoms with Gasteiger partial charge in [0, 0.05) is 6.54 Å². The van der Waals surface area contributed by atoms with Crippen molar-refractivity contribution in [2.24, 2.45) is 0 Å². The fourth-order valence-corrected chi connectivity index (χ4v) is 0.879. The molecule has 5 heteroatoms. The lowest BCUT2D eigenvalue weighted by Crippen LogP contribution is -2.18. The first-order valence-electron chi connectivity index (χ1n) is 4.40. The van der Waals surface area contributed by atoms with Crippen LogP contribution >= 0.6 is 0 Å². The van der Waals surface area contributed by atoms with Crippen molar-refractivity contribution in [1.29, 1.82) is 0 Å². The molecule has 0 bridgehead atoms. The SMILES string of the molecule is CCNCCOCc1nc(C)no1. The molecule has 1 heterocycles. The van der Waals surface area contributed by atoms with E-state index in [4.69, 9.17) is 9.26 Å². The van der Waals surface area contributed by atoms with Gasteiger partial charge in [-0.25, -0.2) is 0 Å². The van der Waals surface area contributed by atoms with E-state index in [1.54, 1.807) is 6.92 Å². The van der Waals surface area contributed by atoms with Crippen molar-refractivity contribution in [3.05, 3.63) is 11.7 Å². The minimum atomic E-state index is 0.395. The summed E-state index contributed by atoms with van der Waals surface area (Å²) in [6, 6.07) is 0. The summed E-state index contributed by atoms with van der Waals surface area (Å²) >= 11 is 0. The lowest BCUT2D eigenvalue weighted by atomic mass is 10.6. The second kappa shape index (κ2) is 5.66. The monoisotopic (exact) mass is 185 g/mol. The quantitative estimate of drug-likeness (QED) is 0.654. The van der Waals surface area contributed by atoms with Crippen LogP contribution in [0.5, 0.6) is 0 Å². The molecule has 0 aliphatic heterocycles. The molecule has 0 radical (unpaired) electrons. The van der Waals surface area contributed by atoms with Gasteiger partial charge in [-0.05, 0) is 13.5 Å². The Kier molecular flexibility index (Phi) is 4.42. The average Bonchev–Trinajstić information content (AvgIpc) is 2.51. The van der Waals surface area contributed by atoms with Crippen molar-refractivity contribution in [3.8, 4) is 0 Å². The van der Waals surface area contributed by atoms with E-state index in [2.05, 4.69) is 22.4 Å². The van der Waals surface area contributed by atoms with Crippen molar-refractivity contribution in [2.45, 2.75) is 20.5 Å². The second-order valence-corrected chi connectivity index (χ2v) is 2.64. The molecule has 0 aliphatic carbocycles. The summed E-state index contributed by atoms with van der Waals surface area (Å²) in [6.45, 7) is 6.71. The summed E-state index contributed by atoms with van der Waals surface area (Å²) in [5.41, 5.74) is 0. The highest BCUT2D eigenvalue weighted by Crippen LogP contribution is 1.96. The maximum atomic E-state index is 5.28. The molecular formula is C8H15N3O2. The van der Waals surface area contributed by atoms with Gasteiger partial charge in [0.05, 0.1) is 6.61 Å². The summed E-state index contributed by atoms with van der Waals surface area (Å²) in [7, 11) is 0. The standard InChI is InChI=1S/C8H15N3O2/c1-3-9-4-5-12-6-8-10-7(2)11-13-8/h9H,3-6H2,1-2H3. The molecule has 1 aromatic heterocycles. The van der Waals surface area contributed by atoms with E-state index in [1.165, 1.54) is 0 Å². The normalized spacial score (nSPS) is 10.6. The van der Waals surface area contributed by atoms with Gasteiger partial charge in [-0.2, -0.15) is 4.98 Å². The van der Waals surface area contributed by atoms with Crippen LogP contribution in [0.25, 0.3) is 0 Å². The van der Waals surface area contributed by atoms with Gasteiger partial charge in [0.2, 0.25) is 0 Å². The molecule has 74 valence electrons. The number of nitrogens with one attached hydrogen (secondary N) is 1. The molecule has 0 aromatic carbocycles. The summed E-state index contributed by atoms with van der Waals surface area (Å²) in [6.07, 6.45) is 0. The molecule has 0 amide bonds. The van der Waals surface area contributed by atoms with Gasteiger partial charge in [-0.15, -0.1) is 0 Å². The van der Waals surface area contributed by atoms with Crippen LogP contribution in [0.2, 0.25) is 0 Å². The smallest absolute Gasteiger partial charge is 0.252 e. The zero-order valence-electron chi connectivity index (χ0n) is 8.04. The van der Waals surface area contributed by atoms with E-state index in [9.17, 15) is 0 Å². The molecule has 1 N–H and O–H groups in total. The van der Waals surface area contributed by atoms with Gasteiger partial charge >= 0.3 is 0 Å². The van der Waals surface area contributed by atoms with Gasteiger partial charge in [-0.1, -0.05) is 12.1 Å². The van der Waals surface area contributed by atoms with Crippen LogP contribution in [0.15, 0.2) is 4.52 Å². The topological polar surface area (TPSA) is 60.2 Å². The lowest BCUT2D eigenvalue weighted by molar-refractivity contribution is 0.0997. The molecule has 5 nitrogen and oxygen atoms in total. The Morgan fingerprint density at radius 3 is 3.00 bits per heavy atom. The number of likely N-dealkylation sites (N-methyl/N-ethyl adjacent to an activating group) is 1. The van der Waals surface area contributed by atoms with Crippen molar-refractivity contribution in [1.82, 2.24) is 15.5 Å². The fraction of sp³-hybridized carbons (Fsp3) is 0.750. The van der Waals surface area contributed by atoms with Gasteiger partial charge in [0.1, 0.15) is 6.61 Å². The molecule has 0 fully saturated rings. The van der Waals surface area contributed by atoms with Crippen molar-refractivity contribution in [2.75, 3.05) is 19.7 Å². The minimum absolute atomic E-state index is 0.395. The van der Waals surface area contributed by atoms with E-state index in [0.717, 1.165) is 13.1 Å².